The lowest BCUT2D eigenvalue weighted by Crippen LogP contribution is -2.31. The molecule has 0 rings (SSSR count). The van der Waals surface area contributed by atoms with Gasteiger partial charge >= 0.3 is 6.03 Å². The molecule has 0 atom stereocenters. The molecule has 1 radical (unpaired) electrons. The zero-order valence-corrected chi connectivity index (χ0v) is 5.03. The second-order valence-electron chi connectivity index (χ2n) is 1.43. The van der Waals surface area contributed by atoms with Crippen molar-refractivity contribution >= 4 is 6.03 Å². The Labute approximate surface area is 49.5 Å². The average molecular weight is 115 g/mol. The van der Waals surface area contributed by atoms with Crippen LogP contribution in [-0.4, -0.2) is 12.6 Å². The number of nitrogens with one attached hydrogen (secondary N) is 2. The van der Waals surface area contributed by atoms with E-state index in [4.69, 9.17) is 0 Å². The molecule has 0 aliphatic rings. The summed E-state index contributed by atoms with van der Waals surface area (Å²) in [7, 11) is 3.18. The standard InChI is InChI=1S/C5H11N2O/c1-3-4-7-5(8)6-2/h2-4H2,1H3,(H2,6,7,8). The third-order valence-corrected chi connectivity index (χ3v) is 0.696. The highest BCUT2D eigenvalue weighted by atomic mass is 16.2. The molecule has 8 heavy (non-hydrogen) atoms. The quantitative estimate of drug-likeness (QED) is 0.540. The number of urea groups is 1. The molecular weight excluding hydrogens is 104 g/mol. The van der Waals surface area contributed by atoms with E-state index in [0.29, 0.717) is 6.54 Å². The maximum Gasteiger partial charge on any atom is 0.314 e. The summed E-state index contributed by atoms with van der Waals surface area (Å²) in [5.41, 5.74) is 0. The fourth-order valence-corrected chi connectivity index (χ4v) is 0.301. The van der Waals surface area contributed by atoms with Crippen LogP contribution < -0.4 is 10.6 Å². The predicted molar refractivity (Wildman–Crippen MR) is 32.2 cm³/mol. The molecule has 3 nitrogen and oxygen atoms in total. The van der Waals surface area contributed by atoms with E-state index in [1.54, 1.807) is 0 Å². The van der Waals surface area contributed by atoms with Crippen molar-refractivity contribution in [3.05, 3.63) is 7.05 Å². The third-order valence-electron chi connectivity index (χ3n) is 0.696. The van der Waals surface area contributed by atoms with E-state index in [-0.39, 0.29) is 6.03 Å². The van der Waals surface area contributed by atoms with Crippen molar-refractivity contribution in [2.45, 2.75) is 13.3 Å². The van der Waals surface area contributed by atoms with Gasteiger partial charge in [-0.3, -0.25) is 0 Å². The molecule has 0 aliphatic heterocycles. The Morgan fingerprint density at radius 3 is 2.75 bits per heavy atom. The lowest BCUT2D eigenvalue weighted by Gasteiger charge is -1.98. The topological polar surface area (TPSA) is 41.1 Å². The highest BCUT2D eigenvalue weighted by molar-refractivity contribution is 5.73. The maximum absolute atomic E-state index is 10.3. The molecule has 2 N–H and O–H groups in total. The lowest BCUT2D eigenvalue weighted by atomic mass is 10.5. The van der Waals surface area contributed by atoms with E-state index in [2.05, 4.69) is 17.7 Å². The molecule has 0 saturated carbocycles. The van der Waals surface area contributed by atoms with Gasteiger partial charge in [0.2, 0.25) is 0 Å². The SMILES string of the molecule is [CH2]NC(=O)NCCC. The Balaban J connectivity index is 2.99. The van der Waals surface area contributed by atoms with E-state index in [0.717, 1.165) is 6.42 Å². The van der Waals surface area contributed by atoms with Crippen molar-refractivity contribution in [2.75, 3.05) is 6.54 Å². The predicted octanol–water partition coefficient (Wildman–Crippen LogP) is 0.487. The van der Waals surface area contributed by atoms with E-state index in [9.17, 15) is 4.79 Å². The second kappa shape index (κ2) is 4.43. The van der Waals surface area contributed by atoms with Gasteiger partial charge < -0.3 is 10.6 Å². The van der Waals surface area contributed by atoms with Gasteiger partial charge in [-0.1, -0.05) is 6.92 Å². The van der Waals surface area contributed by atoms with E-state index >= 15 is 0 Å². The molecule has 3 heteroatoms. The molecule has 0 spiro atoms. The normalized spacial score (nSPS) is 8.25. The first-order chi connectivity index (χ1) is 3.81. The Kier molecular flexibility index (Phi) is 4.03. The van der Waals surface area contributed by atoms with Crippen LogP contribution in [0.2, 0.25) is 0 Å². The molecular formula is C5H11N2O. The van der Waals surface area contributed by atoms with Gasteiger partial charge in [0.25, 0.3) is 0 Å². The van der Waals surface area contributed by atoms with Crippen molar-refractivity contribution in [1.82, 2.24) is 10.6 Å². The Bertz CT molecular complexity index is 72.8. The summed E-state index contributed by atoms with van der Waals surface area (Å²) in [4.78, 5) is 10.3. The van der Waals surface area contributed by atoms with Crippen LogP contribution >= 0.6 is 0 Å². The van der Waals surface area contributed by atoms with Crippen LogP contribution in [-0.2, 0) is 0 Å². The number of amides is 2. The Morgan fingerprint density at radius 1 is 1.75 bits per heavy atom. The van der Waals surface area contributed by atoms with Gasteiger partial charge in [0.15, 0.2) is 0 Å². The monoisotopic (exact) mass is 115 g/mol. The summed E-state index contributed by atoms with van der Waals surface area (Å²) in [6, 6.07) is -0.216. The van der Waals surface area contributed by atoms with Crippen LogP contribution in [0.4, 0.5) is 4.79 Å². The number of rotatable bonds is 2. The van der Waals surface area contributed by atoms with Crippen molar-refractivity contribution in [3.63, 3.8) is 0 Å². The minimum Gasteiger partial charge on any atom is -0.338 e. The van der Waals surface area contributed by atoms with Crippen molar-refractivity contribution in [1.29, 1.82) is 0 Å². The first-order valence-electron chi connectivity index (χ1n) is 2.62. The summed E-state index contributed by atoms with van der Waals surface area (Å²) in [5.74, 6) is 0. The van der Waals surface area contributed by atoms with E-state index in [1.165, 1.54) is 0 Å². The molecule has 0 aromatic heterocycles. The van der Waals surface area contributed by atoms with Gasteiger partial charge in [-0.05, 0) is 6.42 Å². The lowest BCUT2D eigenvalue weighted by molar-refractivity contribution is 0.244. The van der Waals surface area contributed by atoms with Crippen molar-refractivity contribution in [2.24, 2.45) is 0 Å². The average Bonchev–Trinajstić information content (AvgIpc) is 1.83. The molecule has 0 aliphatic carbocycles. The number of carbonyl (C=O) groups is 1. The molecule has 0 aromatic rings. The molecule has 0 unspecified atom stereocenters. The van der Waals surface area contributed by atoms with Crippen LogP contribution in [0.15, 0.2) is 0 Å². The summed E-state index contributed by atoms with van der Waals surface area (Å²) in [5, 5.41) is 4.77. The summed E-state index contributed by atoms with van der Waals surface area (Å²) in [6.07, 6.45) is 0.952. The summed E-state index contributed by atoms with van der Waals surface area (Å²) < 4.78 is 0. The van der Waals surface area contributed by atoms with Crippen LogP contribution in [0.3, 0.4) is 0 Å². The highest BCUT2D eigenvalue weighted by Gasteiger charge is 1.89. The Morgan fingerprint density at radius 2 is 2.38 bits per heavy atom. The van der Waals surface area contributed by atoms with E-state index in [1.807, 2.05) is 6.92 Å². The largest absolute Gasteiger partial charge is 0.338 e. The molecule has 0 fully saturated rings. The summed E-state index contributed by atoms with van der Waals surface area (Å²) in [6.45, 7) is 2.70. The minimum absolute atomic E-state index is 0.216. The van der Waals surface area contributed by atoms with Crippen LogP contribution in [0.25, 0.3) is 0 Å². The van der Waals surface area contributed by atoms with Gasteiger partial charge in [0.1, 0.15) is 0 Å². The molecule has 0 heterocycles. The second-order valence-corrected chi connectivity index (χ2v) is 1.43. The smallest absolute Gasteiger partial charge is 0.314 e. The first-order valence-corrected chi connectivity index (χ1v) is 2.62. The minimum atomic E-state index is -0.216. The van der Waals surface area contributed by atoms with Gasteiger partial charge in [-0.2, -0.15) is 0 Å². The fourth-order valence-electron chi connectivity index (χ4n) is 0.301. The summed E-state index contributed by atoms with van der Waals surface area (Å²) >= 11 is 0. The fraction of sp³-hybridized carbons (Fsp3) is 0.600. The number of hydrogen-bond donors (Lipinski definition) is 2. The molecule has 0 saturated heterocycles. The van der Waals surface area contributed by atoms with Gasteiger partial charge in [-0.15, -0.1) is 0 Å². The zero-order valence-electron chi connectivity index (χ0n) is 5.03. The molecule has 2 amide bonds. The first kappa shape index (κ1) is 7.27. The van der Waals surface area contributed by atoms with Crippen LogP contribution in [0.1, 0.15) is 13.3 Å². The van der Waals surface area contributed by atoms with Crippen LogP contribution in [0, 0.1) is 7.05 Å². The van der Waals surface area contributed by atoms with Crippen LogP contribution in [0.5, 0.6) is 0 Å². The van der Waals surface area contributed by atoms with Gasteiger partial charge in [0, 0.05) is 13.6 Å². The molecule has 47 valence electrons. The van der Waals surface area contributed by atoms with E-state index < -0.39 is 0 Å². The van der Waals surface area contributed by atoms with Crippen molar-refractivity contribution in [3.8, 4) is 0 Å². The van der Waals surface area contributed by atoms with Gasteiger partial charge in [-0.25, -0.2) is 4.79 Å². The molecule has 0 bridgehead atoms. The van der Waals surface area contributed by atoms with Crippen molar-refractivity contribution < 1.29 is 4.79 Å². The maximum atomic E-state index is 10.3. The number of hydrogen-bond acceptors (Lipinski definition) is 1. The highest BCUT2D eigenvalue weighted by Crippen LogP contribution is 1.68. The third kappa shape index (κ3) is 3.46. The number of carbonyl (C=O) groups excluding carboxylic acids is 1. The zero-order chi connectivity index (χ0) is 6.41. The van der Waals surface area contributed by atoms with Gasteiger partial charge in [0.05, 0.1) is 0 Å². The Hall–Kier alpha value is -0.730. The molecule has 0 aromatic carbocycles.